The molecule has 1 unspecified atom stereocenters. The summed E-state index contributed by atoms with van der Waals surface area (Å²) in [5.41, 5.74) is 0.657. The summed E-state index contributed by atoms with van der Waals surface area (Å²) in [6.45, 7) is -0.259. The fourth-order valence-corrected chi connectivity index (χ4v) is 13.5. The summed E-state index contributed by atoms with van der Waals surface area (Å²) in [6, 6.07) is 12.2. The molecule has 2 N–H and O–H groups in total. The lowest BCUT2D eigenvalue weighted by Gasteiger charge is -2.45. The van der Waals surface area contributed by atoms with Crippen LogP contribution < -0.4 is 10.4 Å². The number of carbonyl (C=O) groups excluding carboxylic acids is 4. The van der Waals surface area contributed by atoms with E-state index in [4.69, 9.17) is 9.26 Å². The number of fused-ring (bicyclic) bond motifs is 2. The van der Waals surface area contributed by atoms with E-state index in [2.05, 4.69) is 27.4 Å². The lowest BCUT2D eigenvalue weighted by Crippen LogP contribution is -2.59. The number of benzene rings is 2. The molecule has 6 aliphatic rings. The topological polar surface area (TPSA) is 138 Å². The molecule has 12 nitrogen and oxygen atoms in total. The molecule has 1 spiro atoms. The van der Waals surface area contributed by atoms with Crippen LogP contribution in [-0.4, -0.2) is 119 Å². The lowest BCUT2D eigenvalue weighted by molar-refractivity contribution is -0.155. The Morgan fingerprint density at radius 1 is 0.985 bits per heavy atom. The number of alkyl halides is 5. The van der Waals surface area contributed by atoms with Gasteiger partial charge in [0.25, 0.3) is 5.91 Å². The number of rotatable bonds is 14. The molecule has 0 bridgehead atoms. The second-order valence-corrected chi connectivity index (χ2v) is 22.7. The number of nitrogens with zero attached hydrogens (tertiary/aromatic N) is 3. The largest absolute Gasteiger partial charge is 0.461 e. The summed E-state index contributed by atoms with van der Waals surface area (Å²) >= 11 is 1.05. The first-order chi connectivity index (χ1) is 31.4. The van der Waals surface area contributed by atoms with Crippen molar-refractivity contribution in [1.82, 2.24) is 25.1 Å². The van der Waals surface area contributed by atoms with Crippen LogP contribution in [0, 0.1) is 0 Å². The molecule has 19 heteroatoms. The summed E-state index contributed by atoms with van der Waals surface area (Å²) in [4.78, 5) is 62.6. The van der Waals surface area contributed by atoms with Gasteiger partial charge in [-0.25, -0.2) is 13.9 Å². The molecule has 3 saturated heterocycles. The van der Waals surface area contributed by atoms with Crippen LogP contribution in [0.25, 0.3) is 10.1 Å². The Labute approximate surface area is 384 Å². The molecule has 3 aromatic rings. The molecular formula is C47H57F5N5O7PS. The third-order valence-corrected chi connectivity index (χ3v) is 18.2. The van der Waals surface area contributed by atoms with Crippen molar-refractivity contribution in [1.29, 1.82) is 0 Å². The van der Waals surface area contributed by atoms with Gasteiger partial charge in [0.2, 0.25) is 17.7 Å². The smallest absolute Gasteiger partial charge is 0.412 e. The number of esters is 1. The third kappa shape index (κ3) is 9.68. The van der Waals surface area contributed by atoms with Crippen LogP contribution in [0.4, 0.5) is 22.0 Å². The van der Waals surface area contributed by atoms with Gasteiger partial charge in [-0.3, -0.25) is 23.7 Å². The molecule has 66 heavy (non-hydrogen) atoms. The zero-order chi connectivity index (χ0) is 46.7. The SMILES string of the molecule is C[C@H](NP(=O)(OCC(F)(F)F)[C@H](F)c1ccc2sc(C(=O)N[C@H]3CC[C@H](N(C)C4CC(F)C4)C[C@H]4CC[C@@H](C(=O)N5C[C@H](c6ccccc6)CC56CC6)N4C3=O)cc2c1)C(=O)OC1CCC1. The highest BCUT2D eigenvalue weighted by atomic mass is 32.1. The van der Waals surface area contributed by atoms with Gasteiger partial charge in [-0.2, -0.15) is 13.2 Å². The Morgan fingerprint density at radius 2 is 1.73 bits per heavy atom. The monoisotopic (exact) mass is 961 g/mol. The molecule has 3 aliphatic carbocycles. The van der Waals surface area contributed by atoms with Gasteiger partial charge >= 0.3 is 19.7 Å². The molecule has 4 heterocycles. The van der Waals surface area contributed by atoms with Crippen molar-refractivity contribution in [3.8, 4) is 0 Å². The minimum atomic E-state index is -5.08. The number of thiophene rings is 1. The summed E-state index contributed by atoms with van der Waals surface area (Å²) in [6.07, 6.45) is 1.99. The first-order valence-corrected chi connectivity index (χ1v) is 25.7. The highest BCUT2D eigenvalue weighted by Crippen LogP contribution is 2.59. The standard InChI is InChI=1S/C47H57F5N5O7PS/c1-27(45(61)64-36-9-6-10-36)54-65(62,63-26-47(50,51)52)41(49)29-11-16-39-30(19-29)20-40(66-39)42(58)53-37-14-12-33(55(2)35-21-32(48)22-35)23-34-13-15-38(57(34)43(37)59)44(60)56-25-31(24-46(56)17-18-46)28-7-4-3-5-8-28/h3-5,7-8,11,16,19-20,27,31-38,41H,6,9-10,12-15,17-18,21-26H2,1-2H3,(H,53,58)(H,54,62)/t27-,31+,32?,33-,34+,35?,37-,38-,41-,65?/m0/s1. The average Bonchev–Trinajstić information content (AvgIpc) is 3.55. The maximum atomic E-state index is 16.3. The maximum absolute atomic E-state index is 16.3. The van der Waals surface area contributed by atoms with Crippen LogP contribution in [0.1, 0.15) is 123 Å². The van der Waals surface area contributed by atoms with Crippen molar-refractivity contribution in [3.63, 3.8) is 0 Å². The van der Waals surface area contributed by atoms with Gasteiger partial charge in [0.15, 0.2) is 6.61 Å². The molecule has 8 atom stereocenters. The number of amides is 3. The third-order valence-electron chi connectivity index (χ3n) is 15.0. The zero-order valence-electron chi connectivity index (χ0n) is 37.0. The van der Waals surface area contributed by atoms with Crippen LogP contribution in [0.5, 0.6) is 0 Å². The molecule has 9 rings (SSSR count). The Bertz CT molecular complexity index is 2360. The van der Waals surface area contributed by atoms with Gasteiger partial charge in [0, 0.05) is 40.8 Å². The molecule has 1 aromatic heterocycles. The van der Waals surface area contributed by atoms with Crippen LogP contribution >= 0.6 is 18.9 Å². The number of carbonyl (C=O) groups is 4. The second-order valence-electron chi connectivity index (χ2n) is 19.4. The van der Waals surface area contributed by atoms with Gasteiger partial charge < -0.3 is 29.3 Å². The molecule has 3 saturated carbocycles. The van der Waals surface area contributed by atoms with E-state index in [1.165, 1.54) is 36.8 Å². The predicted molar refractivity (Wildman–Crippen MR) is 237 cm³/mol. The van der Waals surface area contributed by atoms with E-state index >= 15 is 4.39 Å². The summed E-state index contributed by atoms with van der Waals surface area (Å²) in [5, 5.41) is 5.45. The Balaban J connectivity index is 0.939. The fraction of sp³-hybridized carbons (Fsp3) is 0.617. The molecule has 3 amide bonds. The highest BCUT2D eigenvalue weighted by molar-refractivity contribution is 7.57. The van der Waals surface area contributed by atoms with Gasteiger partial charge in [-0.1, -0.05) is 36.4 Å². The van der Waals surface area contributed by atoms with Crippen molar-refractivity contribution in [2.24, 2.45) is 0 Å². The Hall–Kier alpha value is -3.96. The molecule has 358 valence electrons. The summed E-state index contributed by atoms with van der Waals surface area (Å²) in [7, 11) is -3.09. The number of halogens is 5. The van der Waals surface area contributed by atoms with E-state index < -0.39 is 62.4 Å². The first-order valence-electron chi connectivity index (χ1n) is 23.2. The number of hydrogen-bond donors (Lipinski definition) is 2. The molecule has 3 aliphatic heterocycles. The van der Waals surface area contributed by atoms with Gasteiger partial charge in [-0.05, 0) is 132 Å². The molecular weight excluding hydrogens is 905 g/mol. The van der Waals surface area contributed by atoms with Gasteiger partial charge in [-0.15, -0.1) is 11.3 Å². The second kappa shape index (κ2) is 18.5. The number of hydrogen-bond acceptors (Lipinski definition) is 9. The fourth-order valence-electron chi connectivity index (χ4n) is 10.7. The van der Waals surface area contributed by atoms with E-state index in [-0.39, 0.29) is 64.4 Å². The van der Waals surface area contributed by atoms with E-state index in [1.54, 1.807) is 4.90 Å². The van der Waals surface area contributed by atoms with Crippen LogP contribution in [0.3, 0.4) is 0 Å². The lowest BCUT2D eigenvalue weighted by atomic mass is 9.86. The number of likely N-dealkylation sites (tertiary alicyclic amines) is 1. The van der Waals surface area contributed by atoms with Crippen molar-refractivity contribution >= 4 is 52.6 Å². The van der Waals surface area contributed by atoms with Gasteiger partial charge in [0.05, 0.1) is 4.88 Å². The first kappa shape index (κ1) is 47.1. The van der Waals surface area contributed by atoms with Crippen LogP contribution in [0.15, 0.2) is 54.6 Å². The minimum Gasteiger partial charge on any atom is -0.461 e. The van der Waals surface area contributed by atoms with Crippen molar-refractivity contribution in [3.05, 3.63) is 70.6 Å². The highest BCUT2D eigenvalue weighted by Gasteiger charge is 2.59. The molecule has 2 aromatic carbocycles. The molecule has 6 fully saturated rings. The van der Waals surface area contributed by atoms with Crippen LogP contribution in [0.2, 0.25) is 0 Å². The zero-order valence-corrected chi connectivity index (χ0v) is 38.7. The summed E-state index contributed by atoms with van der Waals surface area (Å²) in [5.74, 6) is -4.33. The van der Waals surface area contributed by atoms with Crippen molar-refractivity contribution < 1.29 is 55.0 Å². The normalized spacial score (nSPS) is 29.3. The maximum Gasteiger partial charge on any atom is 0.412 e. The van der Waals surface area contributed by atoms with E-state index in [1.807, 2.05) is 30.1 Å². The van der Waals surface area contributed by atoms with Gasteiger partial charge in [0.1, 0.15) is 30.4 Å². The minimum absolute atomic E-state index is 0.0290. The van der Waals surface area contributed by atoms with Crippen molar-refractivity contribution in [2.45, 2.75) is 162 Å². The Morgan fingerprint density at radius 3 is 2.39 bits per heavy atom. The predicted octanol–water partition coefficient (Wildman–Crippen LogP) is 8.71. The van der Waals surface area contributed by atoms with E-state index in [0.29, 0.717) is 68.0 Å². The van der Waals surface area contributed by atoms with Crippen molar-refractivity contribution in [2.75, 3.05) is 20.2 Å². The Kier molecular flexibility index (Phi) is 13.2. The molecule has 0 radical (unpaired) electrons. The van der Waals surface area contributed by atoms with E-state index in [9.17, 15) is 41.3 Å². The average molecular weight is 962 g/mol. The van der Waals surface area contributed by atoms with Crippen LogP contribution in [-0.2, 0) is 28.2 Å². The quantitative estimate of drug-likeness (QED) is 0.0924. The summed E-state index contributed by atoms with van der Waals surface area (Å²) < 4.78 is 94.7. The number of ether oxygens (including phenoxy) is 1. The van der Waals surface area contributed by atoms with E-state index in [0.717, 1.165) is 37.0 Å². The number of nitrogens with one attached hydrogen (secondary N) is 2.